The fourth-order valence-electron chi connectivity index (χ4n) is 3.57. The van der Waals surface area contributed by atoms with Gasteiger partial charge in [-0.2, -0.15) is 4.98 Å². The van der Waals surface area contributed by atoms with Gasteiger partial charge >= 0.3 is 0 Å². The summed E-state index contributed by atoms with van der Waals surface area (Å²) in [6, 6.07) is 18.7. The van der Waals surface area contributed by atoms with E-state index in [1.54, 1.807) is 18.3 Å². The summed E-state index contributed by atoms with van der Waals surface area (Å²) >= 11 is 0. The minimum atomic E-state index is -0.123. The number of anilines is 3. The van der Waals surface area contributed by atoms with Crippen LogP contribution in [0.1, 0.15) is 15.9 Å². The molecular formula is C26H28N6O2. The number of fused-ring (bicyclic) bond motifs is 1. The molecule has 0 atom stereocenters. The number of benzene rings is 3. The Labute approximate surface area is 198 Å². The number of aromatic nitrogens is 2. The highest BCUT2D eigenvalue weighted by atomic mass is 16.5. The van der Waals surface area contributed by atoms with Crippen LogP contribution < -0.4 is 21.1 Å². The summed E-state index contributed by atoms with van der Waals surface area (Å²) in [6.07, 6.45) is 1.62. The van der Waals surface area contributed by atoms with Gasteiger partial charge in [0.1, 0.15) is 5.75 Å². The van der Waals surface area contributed by atoms with Crippen LogP contribution in [0.4, 0.5) is 17.3 Å². The zero-order valence-electron chi connectivity index (χ0n) is 19.5. The highest BCUT2D eigenvalue weighted by Gasteiger charge is 2.10. The predicted molar refractivity (Wildman–Crippen MR) is 136 cm³/mol. The number of nitrogens with one attached hydrogen (secondary N) is 2. The largest absolute Gasteiger partial charge is 0.438 e. The molecule has 1 amide bonds. The van der Waals surface area contributed by atoms with E-state index in [4.69, 9.17) is 10.5 Å². The van der Waals surface area contributed by atoms with Gasteiger partial charge < -0.3 is 26.0 Å². The Balaban J connectivity index is 1.52. The van der Waals surface area contributed by atoms with E-state index in [2.05, 4.69) is 20.6 Å². The molecule has 8 nitrogen and oxygen atoms in total. The molecule has 4 rings (SSSR count). The van der Waals surface area contributed by atoms with E-state index in [9.17, 15) is 4.79 Å². The molecule has 0 aliphatic carbocycles. The van der Waals surface area contributed by atoms with Gasteiger partial charge in [-0.3, -0.25) is 4.79 Å². The first kappa shape index (κ1) is 23.0. The lowest BCUT2D eigenvalue weighted by atomic mass is 10.1. The number of nitrogens with two attached hydrogens (primary N) is 1. The lowest BCUT2D eigenvalue weighted by Crippen LogP contribution is -2.31. The molecule has 4 N–H and O–H groups in total. The summed E-state index contributed by atoms with van der Waals surface area (Å²) in [6.45, 7) is 3.28. The molecule has 0 saturated heterocycles. The minimum Gasteiger partial charge on any atom is -0.438 e. The zero-order valence-corrected chi connectivity index (χ0v) is 19.5. The van der Waals surface area contributed by atoms with Crippen molar-refractivity contribution in [3.63, 3.8) is 0 Å². The van der Waals surface area contributed by atoms with E-state index in [0.29, 0.717) is 41.1 Å². The monoisotopic (exact) mass is 456 g/mol. The number of nitrogen functional groups attached to an aromatic ring is 1. The van der Waals surface area contributed by atoms with Crippen molar-refractivity contribution in [2.24, 2.45) is 0 Å². The highest BCUT2D eigenvalue weighted by molar-refractivity contribution is 5.97. The summed E-state index contributed by atoms with van der Waals surface area (Å²) in [4.78, 5) is 23.4. The average Bonchev–Trinajstić information content (AvgIpc) is 2.81. The van der Waals surface area contributed by atoms with Gasteiger partial charge in [-0.05, 0) is 56.9 Å². The summed E-state index contributed by atoms with van der Waals surface area (Å²) in [5, 5.41) is 7.93. The smallest absolute Gasteiger partial charge is 0.251 e. The number of amides is 1. The Morgan fingerprint density at radius 3 is 2.65 bits per heavy atom. The Hall–Kier alpha value is -4.17. The molecule has 1 heterocycles. The van der Waals surface area contributed by atoms with Crippen molar-refractivity contribution in [3.8, 4) is 11.6 Å². The summed E-state index contributed by atoms with van der Waals surface area (Å²) < 4.78 is 6.06. The maximum atomic E-state index is 12.6. The van der Waals surface area contributed by atoms with Crippen LogP contribution in [0.5, 0.6) is 11.6 Å². The second-order valence-corrected chi connectivity index (χ2v) is 8.29. The lowest BCUT2D eigenvalue weighted by molar-refractivity contribution is 0.0951. The van der Waals surface area contributed by atoms with Crippen molar-refractivity contribution in [3.05, 3.63) is 78.0 Å². The van der Waals surface area contributed by atoms with Crippen LogP contribution in [0.25, 0.3) is 10.8 Å². The van der Waals surface area contributed by atoms with E-state index in [1.165, 1.54) is 0 Å². The first-order chi connectivity index (χ1) is 16.4. The van der Waals surface area contributed by atoms with Gasteiger partial charge in [0.05, 0.1) is 0 Å². The number of likely N-dealkylation sites (N-methyl/N-ethyl adjacent to an activating group) is 1. The molecule has 0 fully saturated rings. The van der Waals surface area contributed by atoms with Crippen molar-refractivity contribution in [2.75, 3.05) is 38.2 Å². The molecule has 1 aromatic heterocycles. The second-order valence-electron chi connectivity index (χ2n) is 8.29. The second kappa shape index (κ2) is 10.2. The van der Waals surface area contributed by atoms with E-state index in [0.717, 1.165) is 22.9 Å². The van der Waals surface area contributed by atoms with E-state index in [-0.39, 0.29) is 5.91 Å². The van der Waals surface area contributed by atoms with E-state index >= 15 is 0 Å². The molecule has 8 heteroatoms. The van der Waals surface area contributed by atoms with Gasteiger partial charge in [0.15, 0.2) is 0 Å². The maximum absolute atomic E-state index is 12.6. The van der Waals surface area contributed by atoms with Gasteiger partial charge in [-0.1, -0.05) is 24.3 Å². The number of hydrogen-bond donors (Lipinski definition) is 3. The zero-order chi connectivity index (χ0) is 24.1. The van der Waals surface area contributed by atoms with Crippen LogP contribution in [0.2, 0.25) is 0 Å². The lowest BCUT2D eigenvalue weighted by Gasteiger charge is -2.13. The Kier molecular flexibility index (Phi) is 6.89. The van der Waals surface area contributed by atoms with Crippen LogP contribution >= 0.6 is 0 Å². The molecule has 4 aromatic rings. The fourth-order valence-corrected chi connectivity index (χ4v) is 3.57. The van der Waals surface area contributed by atoms with Crippen LogP contribution in [0.15, 0.2) is 66.9 Å². The maximum Gasteiger partial charge on any atom is 0.251 e. The number of hydrogen-bond acceptors (Lipinski definition) is 7. The number of nitrogens with zero attached hydrogens (tertiary/aromatic N) is 3. The van der Waals surface area contributed by atoms with Gasteiger partial charge in [-0.25, -0.2) is 4.98 Å². The van der Waals surface area contributed by atoms with Gasteiger partial charge in [0.25, 0.3) is 5.91 Å². The average molecular weight is 457 g/mol. The normalized spacial score (nSPS) is 10.9. The molecule has 0 saturated carbocycles. The van der Waals surface area contributed by atoms with Gasteiger partial charge in [0.2, 0.25) is 11.8 Å². The van der Waals surface area contributed by atoms with Crippen molar-refractivity contribution >= 4 is 34.0 Å². The Bertz CT molecular complexity index is 1320. The molecule has 0 aliphatic heterocycles. The molecule has 34 heavy (non-hydrogen) atoms. The van der Waals surface area contributed by atoms with Crippen LogP contribution in [0, 0.1) is 6.92 Å². The van der Waals surface area contributed by atoms with Crippen molar-refractivity contribution < 1.29 is 9.53 Å². The Morgan fingerprint density at radius 2 is 1.85 bits per heavy atom. The minimum absolute atomic E-state index is 0.123. The molecule has 0 radical (unpaired) electrons. The van der Waals surface area contributed by atoms with E-state index < -0.39 is 0 Å². The molecule has 0 aliphatic rings. The van der Waals surface area contributed by atoms with Crippen molar-refractivity contribution in [1.29, 1.82) is 0 Å². The quantitative estimate of drug-likeness (QED) is 0.339. The van der Waals surface area contributed by atoms with Crippen molar-refractivity contribution in [2.45, 2.75) is 6.92 Å². The topological polar surface area (TPSA) is 105 Å². The molecule has 3 aromatic carbocycles. The third-order valence-corrected chi connectivity index (χ3v) is 5.20. The number of carbonyl (C=O) groups is 1. The van der Waals surface area contributed by atoms with Crippen LogP contribution in [-0.4, -0.2) is 48.0 Å². The molecule has 174 valence electrons. The Morgan fingerprint density at radius 1 is 1.06 bits per heavy atom. The SMILES string of the molecule is Cc1cc(Nc2nccc(Oc3ccc(N)c4ccccc34)n2)cc(C(=O)NCCN(C)C)c1. The summed E-state index contributed by atoms with van der Waals surface area (Å²) in [5.74, 6) is 1.28. The predicted octanol–water partition coefficient (Wildman–Crippen LogP) is 4.35. The third kappa shape index (κ3) is 5.60. The third-order valence-electron chi connectivity index (χ3n) is 5.20. The molecule has 0 unspecified atom stereocenters. The summed E-state index contributed by atoms with van der Waals surface area (Å²) in [5.41, 5.74) is 9.02. The number of ether oxygens (including phenoxy) is 1. The van der Waals surface area contributed by atoms with Crippen LogP contribution in [0.3, 0.4) is 0 Å². The number of carbonyl (C=O) groups excluding carboxylic acids is 1. The van der Waals surface area contributed by atoms with Crippen molar-refractivity contribution in [1.82, 2.24) is 20.2 Å². The summed E-state index contributed by atoms with van der Waals surface area (Å²) in [7, 11) is 3.93. The standard InChI is InChI=1S/C26H28N6O2/c1-17-14-18(25(33)28-12-13-32(2)3)16-19(15-17)30-26-29-11-10-24(31-26)34-23-9-8-22(27)20-6-4-5-7-21(20)23/h4-11,14-16H,12-13,27H2,1-3H3,(H,28,33)(H,29,30,31). The van der Waals surface area contributed by atoms with E-state index in [1.807, 2.05) is 74.4 Å². The first-order valence-electron chi connectivity index (χ1n) is 11.0. The van der Waals surface area contributed by atoms with Crippen LogP contribution in [-0.2, 0) is 0 Å². The number of rotatable bonds is 8. The number of aryl methyl sites for hydroxylation is 1. The molecule has 0 bridgehead atoms. The first-order valence-corrected chi connectivity index (χ1v) is 11.0. The highest BCUT2D eigenvalue weighted by Crippen LogP contribution is 2.32. The van der Waals surface area contributed by atoms with Gasteiger partial charge in [0, 0.05) is 53.1 Å². The molecular weight excluding hydrogens is 428 g/mol. The van der Waals surface area contributed by atoms with Gasteiger partial charge in [-0.15, -0.1) is 0 Å². The fraction of sp³-hybridized carbons (Fsp3) is 0.192. The molecule has 0 spiro atoms.